The normalized spacial score (nSPS) is 11.7. The first kappa shape index (κ1) is 24.6. The number of nitrogens with one attached hydrogen (secondary N) is 3. The highest BCUT2D eigenvalue weighted by Crippen LogP contribution is 2.28. The van der Waals surface area contributed by atoms with Crippen molar-refractivity contribution >= 4 is 11.9 Å². The fraction of sp³-hybridized carbons (Fsp3) is 0.636. The van der Waals surface area contributed by atoms with Gasteiger partial charge in [0.1, 0.15) is 0 Å². The lowest BCUT2D eigenvalue weighted by Gasteiger charge is -2.18. The van der Waals surface area contributed by atoms with Gasteiger partial charge in [0.15, 0.2) is 17.5 Å². The van der Waals surface area contributed by atoms with Crippen LogP contribution in [0.25, 0.3) is 0 Å². The molecule has 0 fully saturated rings. The zero-order valence-corrected chi connectivity index (χ0v) is 18.9. The van der Waals surface area contributed by atoms with Crippen LogP contribution in [0.4, 0.5) is 0 Å². The smallest absolute Gasteiger partial charge is 0.225 e. The number of hydrogen-bond acceptors (Lipinski definition) is 4. The monoisotopic (exact) mass is 406 g/mol. The van der Waals surface area contributed by atoms with Gasteiger partial charge in [0.25, 0.3) is 0 Å². The topological polar surface area (TPSA) is 84.0 Å². The molecule has 0 aromatic heterocycles. The maximum atomic E-state index is 11.9. The Hall–Kier alpha value is -2.44. The van der Waals surface area contributed by atoms with Crippen LogP contribution in [0.3, 0.4) is 0 Å². The molecular weight excluding hydrogens is 368 g/mol. The molecule has 29 heavy (non-hydrogen) atoms. The molecule has 1 rings (SSSR count). The Balaban J connectivity index is 2.56. The molecular formula is C22H38N4O3. The van der Waals surface area contributed by atoms with Gasteiger partial charge >= 0.3 is 0 Å². The maximum absolute atomic E-state index is 11.9. The molecule has 0 heterocycles. The Bertz CT molecular complexity index is 654. The minimum Gasteiger partial charge on any atom is -0.490 e. The second-order valence-electron chi connectivity index (χ2n) is 7.59. The van der Waals surface area contributed by atoms with Gasteiger partial charge in [0, 0.05) is 31.6 Å². The molecule has 1 aromatic rings. The van der Waals surface area contributed by atoms with Crippen molar-refractivity contribution in [1.82, 2.24) is 16.0 Å². The first-order chi connectivity index (χ1) is 13.8. The third-order valence-corrected chi connectivity index (χ3v) is 4.01. The van der Waals surface area contributed by atoms with Crippen LogP contribution in [-0.2, 0) is 11.2 Å². The molecule has 0 radical (unpaired) electrons. The Labute approximate surface area is 175 Å². The van der Waals surface area contributed by atoms with Gasteiger partial charge in [-0.25, -0.2) is 0 Å². The number of carbonyl (C=O) groups excluding carboxylic acids is 1. The van der Waals surface area contributed by atoms with E-state index < -0.39 is 0 Å². The van der Waals surface area contributed by atoms with Crippen molar-refractivity contribution < 1.29 is 14.3 Å². The minimum atomic E-state index is -0.378. The molecule has 0 aliphatic rings. The number of nitrogens with zero attached hydrogens (tertiary/aromatic N) is 1. The molecule has 0 aliphatic heterocycles. The number of carbonyl (C=O) groups is 1. The van der Waals surface area contributed by atoms with Crippen molar-refractivity contribution in [3.8, 4) is 11.5 Å². The molecule has 1 amide bonds. The first-order valence-corrected chi connectivity index (χ1v) is 10.5. The average molecular weight is 407 g/mol. The lowest BCUT2D eigenvalue weighted by Crippen LogP contribution is -2.43. The van der Waals surface area contributed by atoms with Crippen LogP contribution >= 0.6 is 0 Å². The second kappa shape index (κ2) is 12.9. The number of ether oxygens (including phenoxy) is 2. The van der Waals surface area contributed by atoms with E-state index in [1.807, 2.05) is 59.7 Å². The van der Waals surface area contributed by atoms with Crippen molar-refractivity contribution in [2.75, 3.05) is 39.4 Å². The lowest BCUT2D eigenvalue weighted by atomic mass is 9.96. The number of benzene rings is 1. The van der Waals surface area contributed by atoms with Crippen molar-refractivity contribution in [3.05, 3.63) is 23.8 Å². The van der Waals surface area contributed by atoms with Gasteiger partial charge in [-0.1, -0.05) is 26.8 Å². The minimum absolute atomic E-state index is 0.0434. The fourth-order valence-electron chi connectivity index (χ4n) is 2.51. The Morgan fingerprint density at radius 2 is 1.62 bits per heavy atom. The predicted molar refractivity (Wildman–Crippen MR) is 119 cm³/mol. The third-order valence-electron chi connectivity index (χ3n) is 4.01. The van der Waals surface area contributed by atoms with Crippen LogP contribution in [0, 0.1) is 5.41 Å². The van der Waals surface area contributed by atoms with E-state index in [1.165, 1.54) is 0 Å². The SMILES string of the molecule is CCNC(=NCCc1ccc(OCC)c(OCC)c1)NCCNC(=O)C(C)(C)C. The van der Waals surface area contributed by atoms with Crippen molar-refractivity contribution in [2.24, 2.45) is 10.4 Å². The lowest BCUT2D eigenvalue weighted by molar-refractivity contribution is -0.128. The van der Waals surface area contributed by atoms with Crippen LogP contribution in [0.1, 0.15) is 47.1 Å². The quantitative estimate of drug-likeness (QED) is 0.299. The maximum Gasteiger partial charge on any atom is 0.225 e. The molecule has 0 aliphatic carbocycles. The van der Waals surface area contributed by atoms with E-state index in [9.17, 15) is 4.79 Å². The molecule has 0 unspecified atom stereocenters. The van der Waals surface area contributed by atoms with E-state index in [2.05, 4.69) is 20.9 Å². The largest absolute Gasteiger partial charge is 0.490 e. The van der Waals surface area contributed by atoms with Crippen molar-refractivity contribution in [1.29, 1.82) is 0 Å². The van der Waals surface area contributed by atoms with Gasteiger partial charge in [0.05, 0.1) is 13.2 Å². The van der Waals surface area contributed by atoms with Crippen LogP contribution in [-0.4, -0.2) is 51.3 Å². The Morgan fingerprint density at radius 1 is 0.966 bits per heavy atom. The van der Waals surface area contributed by atoms with E-state index in [-0.39, 0.29) is 11.3 Å². The second-order valence-corrected chi connectivity index (χ2v) is 7.59. The zero-order valence-electron chi connectivity index (χ0n) is 18.9. The molecule has 0 saturated heterocycles. The molecule has 0 spiro atoms. The summed E-state index contributed by atoms with van der Waals surface area (Å²) in [6.07, 6.45) is 0.795. The number of hydrogen-bond donors (Lipinski definition) is 3. The van der Waals surface area contributed by atoms with Gasteiger partial charge in [-0.3, -0.25) is 9.79 Å². The summed E-state index contributed by atoms with van der Waals surface area (Å²) in [4.78, 5) is 16.5. The highest BCUT2D eigenvalue weighted by atomic mass is 16.5. The Kier molecular flexibility index (Phi) is 10.9. The number of rotatable bonds is 11. The van der Waals surface area contributed by atoms with E-state index in [0.29, 0.717) is 32.8 Å². The summed E-state index contributed by atoms with van der Waals surface area (Å²) in [6, 6.07) is 6.02. The van der Waals surface area contributed by atoms with Gasteiger partial charge in [-0.2, -0.15) is 0 Å². The van der Waals surface area contributed by atoms with Gasteiger partial charge in [-0.05, 0) is 44.9 Å². The summed E-state index contributed by atoms with van der Waals surface area (Å²) in [5.41, 5.74) is 0.769. The molecule has 1 aromatic carbocycles. The first-order valence-electron chi connectivity index (χ1n) is 10.5. The number of aliphatic imine (C=N–C) groups is 1. The molecule has 164 valence electrons. The van der Waals surface area contributed by atoms with Crippen LogP contribution in [0.2, 0.25) is 0 Å². The molecule has 7 heteroatoms. The molecule has 0 bridgehead atoms. The number of guanidine groups is 1. The van der Waals surface area contributed by atoms with Crippen LogP contribution in [0.5, 0.6) is 11.5 Å². The summed E-state index contributed by atoms with van der Waals surface area (Å²) in [6.45, 7) is 15.5. The van der Waals surface area contributed by atoms with E-state index in [4.69, 9.17) is 9.47 Å². The van der Waals surface area contributed by atoms with Gasteiger partial charge in [-0.15, -0.1) is 0 Å². The van der Waals surface area contributed by atoms with Gasteiger partial charge in [0.2, 0.25) is 5.91 Å². The van der Waals surface area contributed by atoms with E-state index >= 15 is 0 Å². The predicted octanol–water partition coefficient (Wildman–Crippen LogP) is 2.74. The van der Waals surface area contributed by atoms with E-state index in [1.54, 1.807) is 0 Å². The molecule has 3 N–H and O–H groups in total. The van der Waals surface area contributed by atoms with Gasteiger partial charge < -0.3 is 25.4 Å². The van der Waals surface area contributed by atoms with Crippen molar-refractivity contribution in [2.45, 2.75) is 48.0 Å². The summed E-state index contributed by atoms with van der Waals surface area (Å²) >= 11 is 0. The zero-order chi connectivity index (χ0) is 21.7. The fourth-order valence-corrected chi connectivity index (χ4v) is 2.51. The number of amides is 1. The molecule has 7 nitrogen and oxygen atoms in total. The van der Waals surface area contributed by atoms with Crippen LogP contribution in [0.15, 0.2) is 23.2 Å². The standard InChI is InChI=1S/C22H38N4O3/c1-7-23-21(26-15-14-24-20(27)22(4,5)6)25-13-12-17-10-11-18(28-8-2)19(16-17)29-9-3/h10-11,16H,7-9,12-15H2,1-6H3,(H,24,27)(H2,23,25,26). The average Bonchev–Trinajstić information content (AvgIpc) is 2.66. The summed E-state index contributed by atoms with van der Waals surface area (Å²) < 4.78 is 11.3. The van der Waals surface area contributed by atoms with Crippen LogP contribution < -0.4 is 25.4 Å². The van der Waals surface area contributed by atoms with Crippen molar-refractivity contribution in [3.63, 3.8) is 0 Å². The summed E-state index contributed by atoms with van der Waals surface area (Å²) in [5.74, 6) is 2.33. The highest BCUT2D eigenvalue weighted by molar-refractivity contribution is 5.81. The van der Waals surface area contributed by atoms with E-state index in [0.717, 1.165) is 36.0 Å². The summed E-state index contributed by atoms with van der Waals surface area (Å²) in [7, 11) is 0. The summed E-state index contributed by atoms with van der Waals surface area (Å²) in [5, 5.41) is 9.40. The Morgan fingerprint density at radius 3 is 2.24 bits per heavy atom. The third kappa shape index (κ3) is 9.54. The highest BCUT2D eigenvalue weighted by Gasteiger charge is 2.20. The molecule has 0 saturated carbocycles. The molecule has 0 atom stereocenters.